The number of hydrogen-bond donors (Lipinski definition) is 0. The van der Waals surface area contributed by atoms with Gasteiger partial charge in [0.2, 0.25) is 5.91 Å². The molecule has 6 nitrogen and oxygen atoms in total. The molecule has 3 aliphatic rings. The maximum Gasteiger partial charge on any atom is 0.263 e. The van der Waals surface area contributed by atoms with Crippen molar-refractivity contribution in [3.63, 3.8) is 0 Å². The summed E-state index contributed by atoms with van der Waals surface area (Å²) >= 11 is 13.9. The van der Waals surface area contributed by atoms with Crippen molar-refractivity contribution in [1.29, 1.82) is 0 Å². The van der Waals surface area contributed by atoms with Crippen molar-refractivity contribution in [2.75, 3.05) is 14.1 Å². The van der Waals surface area contributed by atoms with Gasteiger partial charge >= 0.3 is 0 Å². The van der Waals surface area contributed by atoms with Gasteiger partial charge in [0.05, 0.1) is 10.9 Å². The van der Waals surface area contributed by atoms with Crippen LogP contribution in [0.1, 0.15) is 57.2 Å². The van der Waals surface area contributed by atoms with E-state index in [0.717, 1.165) is 34.8 Å². The molecule has 0 radical (unpaired) electrons. The van der Waals surface area contributed by atoms with Gasteiger partial charge in [-0.05, 0) is 80.3 Å². The minimum absolute atomic E-state index is 0.0252. The van der Waals surface area contributed by atoms with Crippen LogP contribution in [0.3, 0.4) is 0 Å². The van der Waals surface area contributed by atoms with Gasteiger partial charge < -0.3 is 14.7 Å². The van der Waals surface area contributed by atoms with E-state index in [1.165, 1.54) is 11.8 Å². The summed E-state index contributed by atoms with van der Waals surface area (Å²) in [6, 6.07) is 15.0. The number of likely N-dealkylation sites (N-methyl/N-ethyl adjacent to an activating group) is 1. The Morgan fingerprint density at radius 3 is 2.24 bits per heavy atom. The van der Waals surface area contributed by atoms with Gasteiger partial charge in [-0.3, -0.25) is 9.59 Å². The molecular weight excluding hydrogens is 539 g/mol. The molecule has 0 N–H and O–H groups in total. The molecule has 200 valence electrons. The summed E-state index contributed by atoms with van der Waals surface area (Å²) < 4.78 is 0. The SMILES string of the molecule is CCC1CCC(C(=O)N(C)C)N1C(=O)C1=C(C)N2C(=NC(C)(c3ccc(Cl)cc3)C2c2ccc(Cl)cc2)S1. The van der Waals surface area contributed by atoms with E-state index in [2.05, 4.69) is 18.7 Å². The first-order valence-electron chi connectivity index (χ1n) is 12.9. The zero-order chi connectivity index (χ0) is 27.4. The number of likely N-dealkylation sites (tertiary alicyclic amines) is 1. The summed E-state index contributed by atoms with van der Waals surface area (Å²) in [5, 5.41) is 2.12. The lowest BCUT2D eigenvalue weighted by molar-refractivity contribution is -0.141. The number of thioether (sulfide) groups is 1. The molecule has 9 heteroatoms. The highest BCUT2D eigenvalue weighted by molar-refractivity contribution is 8.18. The fourth-order valence-corrected chi connectivity index (χ4v) is 7.38. The van der Waals surface area contributed by atoms with Gasteiger partial charge in [0.25, 0.3) is 5.91 Å². The van der Waals surface area contributed by atoms with Crippen molar-refractivity contribution in [2.45, 2.75) is 63.7 Å². The number of halogens is 2. The summed E-state index contributed by atoms with van der Waals surface area (Å²) in [6.07, 6.45) is 2.33. The highest BCUT2D eigenvalue weighted by atomic mass is 35.5. The number of rotatable bonds is 5. The van der Waals surface area contributed by atoms with Crippen molar-refractivity contribution in [1.82, 2.24) is 14.7 Å². The van der Waals surface area contributed by atoms with Crippen LogP contribution in [-0.4, -0.2) is 57.9 Å². The van der Waals surface area contributed by atoms with E-state index < -0.39 is 11.6 Å². The van der Waals surface area contributed by atoms with Gasteiger partial charge in [-0.2, -0.15) is 0 Å². The lowest BCUT2D eigenvalue weighted by Gasteiger charge is -2.36. The topological polar surface area (TPSA) is 56.2 Å². The van der Waals surface area contributed by atoms with E-state index in [1.807, 2.05) is 60.4 Å². The van der Waals surface area contributed by atoms with Crippen LogP contribution in [0.25, 0.3) is 0 Å². The minimum atomic E-state index is -0.611. The maximum atomic E-state index is 14.1. The number of aliphatic imine (C=N–C) groups is 1. The Bertz CT molecular complexity index is 1330. The normalized spacial score (nSPS) is 26.6. The third-order valence-corrected chi connectivity index (χ3v) is 9.60. The van der Waals surface area contributed by atoms with Gasteiger partial charge in [0, 0.05) is 35.9 Å². The van der Waals surface area contributed by atoms with Crippen LogP contribution in [0.5, 0.6) is 0 Å². The number of benzene rings is 2. The van der Waals surface area contributed by atoms with E-state index in [9.17, 15) is 9.59 Å². The summed E-state index contributed by atoms with van der Waals surface area (Å²) in [5.74, 6) is -0.111. The van der Waals surface area contributed by atoms with Crippen LogP contribution in [0, 0.1) is 0 Å². The molecular formula is C29H32Cl2N4O2S. The summed E-state index contributed by atoms with van der Waals surface area (Å²) in [7, 11) is 3.50. The molecule has 0 bridgehead atoms. The lowest BCUT2D eigenvalue weighted by Crippen LogP contribution is -2.48. The average Bonchev–Trinajstić information content (AvgIpc) is 3.55. The molecule has 4 atom stereocenters. The number of amidine groups is 1. The van der Waals surface area contributed by atoms with Crippen LogP contribution >= 0.6 is 35.0 Å². The molecule has 5 rings (SSSR count). The Hall–Kier alpha value is -2.48. The maximum absolute atomic E-state index is 14.1. The van der Waals surface area contributed by atoms with E-state index in [1.54, 1.807) is 19.0 Å². The van der Waals surface area contributed by atoms with Gasteiger partial charge in [0.1, 0.15) is 11.6 Å². The number of allylic oxidation sites excluding steroid dienone is 1. The molecule has 3 heterocycles. The van der Waals surface area contributed by atoms with Gasteiger partial charge in [-0.15, -0.1) is 0 Å². The lowest BCUT2D eigenvalue weighted by atomic mass is 9.81. The fraction of sp³-hybridized carbons (Fsp3) is 0.414. The quantitative estimate of drug-likeness (QED) is 0.414. The van der Waals surface area contributed by atoms with Gasteiger partial charge in [0.15, 0.2) is 5.17 Å². The molecule has 4 unspecified atom stereocenters. The monoisotopic (exact) mass is 570 g/mol. The van der Waals surface area contributed by atoms with Crippen LogP contribution in [-0.2, 0) is 15.1 Å². The fourth-order valence-electron chi connectivity index (χ4n) is 5.93. The first-order valence-corrected chi connectivity index (χ1v) is 14.5. The molecule has 0 spiro atoms. The van der Waals surface area contributed by atoms with Crippen LogP contribution in [0.15, 0.2) is 64.1 Å². The first kappa shape index (κ1) is 27.1. The minimum Gasteiger partial charge on any atom is -0.347 e. The first-order chi connectivity index (χ1) is 18.1. The van der Waals surface area contributed by atoms with Crippen molar-refractivity contribution in [3.8, 4) is 0 Å². The van der Waals surface area contributed by atoms with Crippen molar-refractivity contribution < 1.29 is 9.59 Å². The molecule has 0 aliphatic carbocycles. The second-order valence-electron chi connectivity index (χ2n) is 10.5. The largest absolute Gasteiger partial charge is 0.347 e. The number of hydrogen-bond acceptors (Lipinski definition) is 5. The molecule has 3 aliphatic heterocycles. The predicted octanol–water partition coefficient (Wildman–Crippen LogP) is 6.46. The van der Waals surface area contributed by atoms with Crippen LogP contribution in [0.4, 0.5) is 0 Å². The average molecular weight is 572 g/mol. The smallest absolute Gasteiger partial charge is 0.263 e. The Balaban J connectivity index is 1.56. The molecule has 38 heavy (non-hydrogen) atoms. The van der Waals surface area contributed by atoms with Gasteiger partial charge in [-0.1, -0.05) is 54.4 Å². The van der Waals surface area contributed by atoms with Crippen LogP contribution < -0.4 is 0 Å². The Kier molecular flexibility index (Phi) is 7.31. The van der Waals surface area contributed by atoms with E-state index >= 15 is 0 Å². The Morgan fingerprint density at radius 2 is 1.66 bits per heavy atom. The number of carbonyl (C=O) groups is 2. The third-order valence-electron chi connectivity index (χ3n) is 7.95. The second kappa shape index (κ2) is 10.2. The summed E-state index contributed by atoms with van der Waals surface area (Å²) in [4.78, 5) is 38.6. The molecule has 2 aromatic carbocycles. The summed E-state index contributed by atoms with van der Waals surface area (Å²) in [6.45, 7) is 6.18. The molecule has 2 amide bonds. The Labute approximate surface area is 238 Å². The molecule has 1 fully saturated rings. The molecule has 1 saturated heterocycles. The van der Waals surface area contributed by atoms with E-state index in [-0.39, 0.29) is 23.9 Å². The molecule has 0 aromatic heterocycles. The number of fused-ring (bicyclic) bond motifs is 1. The third kappa shape index (κ3) is 4.42. The van der Waals surface area contributed by atoms with E-state index in [4.69, 9.17) is 28.2 Å². The zero-order valence-electron chi connectivity index (χ0n) is 22.2. The standard InChI is InChI=1S/C29H32Cl2N4O2S/c1-6-22-15-16-23(26(36)33(4)5)35(22)27(37)24-17(2)34-25(18-7-11-20(30)12-8-18)29(3,32-28(34)38-24)19-9-13-21(31)14-10-19/h7-14,22-23,25H,6,15-16H2,1-5H3. The predicted molar refractivity (Wildman–Crippen MR) is 155 cm³/mol. The summed E-state index contributed by atoms with van der Waals surface area (Å²) in [5.41, 5.74) is 2.33. The van der Waals surface area contributed by atoms with E-state index in [0.29, 0.717) is 21.4 Å². The number of amides is 2. The zero-order valence-corrected chi connectivity index (χ0v) is 24.6. The second-order valence-corrected chi connectivity index (χ2v) is 12.3. The van der Waals surface area contributed by atoms with Gasteiger partial charge in [-0.25, -0.2) is 4.99 Å². The number of carbonyl (C=O) groups excluding carboxylic acids is 2. The Morgan fingerprint density at radius 1 is 1.05 bits per heavy atom. The van der Waals surface area contributed by atoms with Crippen molar-refractivity contribution in [3.05, 3.63) is 80.3 Å². The molecule has 0 saturated carbocycles. The van der Waals surface area contributed by atoms with Crippen molar-refractivity contribution >= 4 is 51.9 Å². The highest BCUT2D eigenvalue weighted by Gasteiger charge is 2.53. The molecule has 2 aromatic rings. The van der Waals surface area contributed by atoms with Crippen LogP contribution in [0.2, 0.25) is 10.0 Å². The van der Waals surface area contributed by atoms with Crippen molar-refractivity contribution in [2.24, 2.45) is 4.99 Å². The number of nitrogens with zero attached hydrogens (tertiary/aromatic N) is 4. The highest BCUT2D eigenvalue weighted by Crippen LogP contribution is 2.55.